The molecule has 0 aliphatic rings. The van der Waals surface area contributed by atoms with E-state index in [-0.39, 0.29) is 24.6 Å². The van der Waals surface area contributed by atoms with E-state index in [9.17, 15) is 14.4 Å². The van der Waals surface area contributed by atoms with Crippen LogP contribution < -0.4 is 10.9 Å². The van der Waals surface area contributed by atoms with E-state index >= 15 is 0 Å². The van der Waals surface area contributed by atoms with Gasteiger partial charge in [-0.1, -0.05) is 59.8 Å². The van der Waals surface area contributed by atoms with Crippen LogP contribution in [0.15, 0.2) is 71.5 Å². The summed E-state index contributed by atoms with van der Waals surface area (Å²) in [5, 5.41) is 13.2. The highest BCUT2D eigenvalue weighted by Crippen LogP contribution is 2.23. The first-order valence-corrected chi connectivity index (χ1v) is 10.3. The molecule has 0 bridgehead atoms. The van der Waals surface area contributed by atoms with Gasteiger partial charge < -0.3 is 10.1 Å². The van der Waals surface area contributed by atoms with Crippen molar-refractivity contribution in [3.8, 4) is 0 Å². The fourth-order valence-electron chi connectivity index (χ4n) is 3.57. The molecule has 0 radical (unpaired) electrons. The minimum Gasteiger partial charge on any atom is -0.456 e. The van der Waals surface area contributed by atoms with Gasteiger partial charge in [0.25, 0.3) is 11.5 Å². The molecule has 0 saturated carbocycles. The number of esters is 1. The molecule has 32 heavy (non-hydrogen) atoms. The molecule has 0 saturated heterocycles. The molecule has 1 unspecified atom stereocenters. The van der Waals surface area contributed by atoms with Gasteiger partial charge in [0.05, 0.1) is 24.4 Å². The minimum atomic E-state index is -0.597. The zero-order chi connectivity index (χ0) is 22.5. The summed E-state index contributed by atoms with van der Waals surface area (Å²) in [6.07, 6.45) is -0.0981. The van der Waals surface area contributed by atoms with E-state index in [1.807, 2.05) is 49.4 Å². The van der Waals surface area contributed by atoms with Crippen LogP contribution in [0.4, 0.5) is 0 Å². The molecule has 0 fully saturated rings. The second-order valence-electron chi connectivity index (χ2n) is 7.40. The SMILES string of the molecule is CC(NC(=O)COC(=O)CCn1nnc2ccccc2c1=O)c1cccc2ccccc12. The number of nitrogens with one attached hydrogen (secondary N) is 1. The molecule has 3 aromatic carbocycles. The van der Waals surface area contributed by atoms with Crippen molar-refractivity contribution >= 4 is 33.6 Å². The van der Waals surface area contributed by atoms with Crippen molar-refractivity contribution in [3.63, 3.8) is 0 Å². The van der Waals surface area contributed by atoms with Gasteiger partial charge >= 0.3 is 5.97 Å². The second-order valence-corrected chi connectivity index (χ2v) is 7.40. The lowest BCUT2D eigenvalue weighted by molar-refractivity contribution is -0.149. The topological polar surface area (TPSA) is 103 Å². The largest absolute Gasteiger partial charge is 0.456 e. The Balaban J connectivity index is 1.30. The molecule has 8 nitrogen and oxygen atoms in total. The Bertz CT molecular complexity index is 1340. The smallest absolute Gasteiger partial charge is 0.308 e. The predicted molar refractivity (Wildman–Crippen MR) is 120 cm³/mol. The molecule has 0 aliphatic heterocycles. The third kappa shape index (κ3) is 4.64. The van der Waals surface area contributed by atoms with E-state index in [1.54, 1.807) is 24.3 Å². The molecule has 1 heterocycles. The van der Waals surface area contributed by atoms with Crippen molar-refractivity contribution < 1.29 is 14.3 Å². The molecule has 0 spiro atoms. The summed E-state index contributed by atoms with van der Waals surface area (Å²) in [5.41, 5.74) is 1.15. The first-order valence-electron chi connectivity index (χ1n) is 10.3. The van der Waals surface area contributed by atoms with Gasteiger partial charge in [0, 0.05) is 0 Å². The molecule has 4 aromatic rings. The van der Waals surface area contributed by atoms with E-state index in [0.717, 1.165) is 21.0 Å². The maximum atomic E-state index is 12.4. The Kier molecular flexibility index (Phi) is 6.21. The van der Waals surface area contributed by atoms with Crippen molar-refractivity contribution in [1.29, 1.82) is 0 Å². The van der Waals surface area contributed by atoms with Crippen LogP contribution in [-0.2, 0) is 20.9 Å². The van der Waals surface area contributed by atoms with Crippen LogP contribution in [0.1, 0.15) is 24.9 Å². The summed E-state index contributed by atoms with van der Waals surface area (Å²) < 4.78 is 6.18. The summed E-state index contributed by atoms with van der Waals surface area (Å²) in [6.45, 7) is 1.50. The standard InChI is InChI=1S/C24H22N4O4/c1-16(18-11-6-8-17-7-2-3-9-19(17)18)25-22(29)15-32-23(30)13-14-28-24(31)20-10-4-5-12-21(20)26-27-28/h2-12,16H,13-15H2,1H3,(H,25,29). The normalized spacial score (nSPS) is 11.9. The van der Waals surface area contributed by atoms with E-state index in [0.29, 0.717) is 10.9 Å². The Hall–Kier alpha value is -4.07. The Morgan fingerprint density at radius 1 is 1.00 bits per heavy atom. The lowest BCUT2D eigenvalue weighted by Crippen LogP contribution is -2.31. The van der Waals surface area contributed by atoms with Gasteiger partial charge in [0.2, 0.25) is 0 Å². The number of aromatic nitrogens is 3. The third-order valence-electron chi connectivity index (χ3n) is 5.19. The maximum Gasteiger partial charge on any atom is 0.308 e. The Morgan fingerprint density at radius 2 is 1.72 bits per heavy atom. The zero-order valence-electron chi connectivity index (χ0n) is 17.5. The van der Waals surface area contributed by atoms with Gasteiger partial charge in [-0.3, -0.25) is 14.4 Å². The summed E-state index contributed by atoms with van der Waals surface area (Å²) in [7, 11) is 0. The number of ether oxygens (including phenoxy) is 1. The average molecular weight is 430 g/mol. The number of hydrogen-bond donors (Lipinski definition) is 1. The van der Waals surface area contributed by atoms with Crippen LogP contribution in [0.25, 0.3) is 21.7 Å². The molecular formula is C24H22N4O4. The molecule has 4 rings (SSSR count). The lowest BCUT2D eigenvalue weighted by atomic mass is 10.00. The van der Waals surface area contributed by atoms with Crippen LogP contribution >= 0.6 is 0 Å². The summed E-state index contributed by atoms with van der Waals surface area (Å²) in [4.78, 5) is 36.7. The molecular weight excluding hydrogens is 408 g/mol. The van der Waals surface area contributed by atoms with Gasteiger partial charge in [-0.2, -0.15) is 0 Å². The quantitative estimate of drug-likeness (QED) is 0.452. The van der Waals surface area contributed by atoms with Gasteiger partial charge in [0.1, 0.15) is 5.52 Å². The summed E-state index contributed by atoms with van der Waals surface area (Å²) in [5.74, 6) is -0.999. The summed E-state index contributed by atoms with van der Waals surface area (Å²) in [6, 6.07) is 20.5. The highest BCUT2D eigenvalue weighted by molar-refractivity contribution is 5.87. The van der Waals surface area contributed by atoms with Crippen LogP contribution in [0.3, 0.4) is 0 Å². The van der Waals surface area contributed by atoms with E-state index in [4.69, 9.17) is 4.74 Å². The van der Waals surface area contributed by atoms with Gasteiger partial charge in [-0.15, -0.1) is 5.10 Å². The second kappa shape index (κ2) is 9.38. The van der Waals surface area contributed by atoms with Crippen molar-refractivity contribution in [2.75, 3.05) is 6.61 Å². The van der Waals surface area contributed by atoms with E-state index in [1.165, 1.54) is 0 Å². The molecule has 1 amide bonds. The number of aryl methyl sites for hydroxylation is 1. The van der Waals surface area contributed by atoms with Gasteiger partial charge in [-0.25, -0.2) is 4.68 Å². The monoisotopic (exact) mass is 430 g/mol. The number of carbonyl (C=O) groups is 2. The fourth-order valence-corrected chi connectivity index (χ4v) is 3.57. The predicted octanol–water partition coefficient (Wildman–Crippen LogP) is 2.76. The third-order valence-corrected chi connectivity index (χ3v) is 5.19. The zero-order valence-corrected chi connectivity index (χ0v) is 17.5. The number of fused-ring (bicyclic) bond motifs is 2. The highest BCUT2D eigenvalue weighted by Gasteiger charge is 2.14. The Morgan fingerprint density at radius 3 is 2.56 bits per heavy atom. The maximum absolute atomic E-state index is 12.4. The molecule has 1 aromatic heterocycles. The molecule has 0 aliphatic carbocycles. The fraction of sp³-hybridized carbons (Fsp3) is 0.208. The van der Waals surface area contributed by atoms with Crippen molar-refractivity contribution in [2.45, 2.75) is 25.9 Å². The average Bonchev–Trinajstić information content (AvgIpc) is 2.82. The number of rotatable bonds is 7. The van der Waals surface area contributed by atoms with Crippen molar-refractivity contribution in [1.82, 2.24) is 20.3 Å². The van der Waals surface area contributed by atoms with E-state index < -0.39 is 18.5 Å². The first-order chi connectivity index (χ1) is 15.5. The van der Waals surface area contributed by atoms with Gasteiger partial charge in [0.15, 0.2) is 6.61 Å². The molecule has 8 heteroatoms. The molecule has 162 valence electrons. The Labute approximate surface area is 183 Å². The number of carbonyl (C=O) groups excluding carboxylic acids is 2. The van der Waals surface area contributed by atoms with Crippen LogP contribution in [0.5, 0.6) is 0 Å². The molecule has 1 atom stereocenters. The first kappa shape index (κ1) is 21.2. The van der Waals surface area contributed by atoms with Crippen molar-refractivity contribution in [3.05, 3.63) is 82.6 Å². The van der Waals surface area contributed by atoms with Gasteiger partial charge in [-0.05, 0) is 35.4 Å². The number of benzene rings is 3. The molecule has 1 N–H and O–H groups in total. The van der Waals surface area contributed by atoms with Crippen molar-refractivity contribution in [2.24, 2.45) is 0 Å². The number of nitrogens with zero attached hydrogens (tertiary/aromatic N) is 3. The van der Waals surface area contributed by atoms with E-state index in [2.05, 4.69) is 15.6 Å². The van der Waals surface area contributed by atoms with Crippen LogP contribution in [0.2, 0.25) is 0 Å². The lowest BCUT2D eigenvalue weighted by Gasteiger charge is -2.16. The highest BCUT2D eigenvalue weighted by atomic mass is 16.5. The minimum absolute atomic E-state index is 0.0174. The number of hydrogen-bond acceptors (Lipinski definition) is 6. The van der Waals surface area contributed by atoms with Crippen LogP contribution in [-0.4, -0.2) is 33.5 Å². The summed E-state index contributed by atoms with van der Waals surface area (Å²) >= 11 is 0. The van der Waals surface area contributed by atoms with Crippen LogP contribution in [0, 0.1) is 0 Å². The number of amides is 1.